The molecule has 0 saturated carbocycles. The summed E-state index contributed by atoms with van der Waals surface area (Å²) < 4.78 is 0. The average Bonchev–Trinajstić information content (AvgIpc) is 2.14. The van der Waals surface area contributed by atoms with Crippen molar-refractivity contribution in [1.29, 1.82) is 0 Å². The van der Waals surface area contributed by atoms with E-state index < -0.39 is 0 Å². The second-order valence-electron chi connectivity index (χ2n) is 4.76. The number of thioether (sulfide) groups is 1. The summed E-state index contributed by atoms with van der Waals surface area (Å²) in [5, 5.41) is 1.40. The molecule has 1 aliphatic rings. The first-order valence-corrected chi connectivity index (χ1v) is 6.76. The van der Waals surface area contributed by atoms with E-state index in [1.165, 1.54) is 11.3 Å². The quantitative estimate of drug-likeness (QED) is 0.760. The molecule has 0 spiro atoms. The molecule has 1 saturated heterocycles. The number of nitrogen functional groups attached to an aromatic ring is 1. The van der Waals surface area contributed by atoms with Gasteiger partial charge in [0.1, 0.15) is 0 Å². The van der Waals surface area contributed by atoms with E-state index in [2.05, 4.69) is 49.6 Å². The van der Waals surface area contributed by atoms with Gasteiger partial charge in [0, 0.05) is 35.0 Å². The molecule has 0 aliphatic carbocycles. The zero-order chi connectivity index (χ0) is 11.7. The maximum Gasteiger partial charge on any atom is 0.0390 e. The molecule has 16 heavy (non-hydrogen) atoms. The first kappa shape index (κ1) is 11.6. The first-order valence-electron chi connectivity index (χ1n) is 5.82. The van der Waals surface area contributed by atoms with Gasteiger partial charge in [-0.2, -0.15) is 11.8 Å². The highest BCUT2D eigenvalue weighted by Crippen LogP contribution is 2.29. The van der Waals surface area contributed by atoms with Crippen LogP contribution in [0, 0.1) is 6.92 Å². The Morgan fingerprint density at radius 2 is 1.81 bits per heavy atom. The van der Waals surface area contributed by atoms with Crippen molar-refractivity contribution < 1.29 is 0 Å². The van der Waals surface area contributed by atoms with Crippen molar-refractivity contribution in [2.45, 2.75) is 31.3 Å². The Bertz CT molecular complexity index is 348. The minimum Gasteiger partial charge on any atom is -0.399 e. The Morgan fingerprint density at radius 1 is 1.19 bits per heavy atom. The number of hydrogen-bond acceptors (Lipinski definition) is 3. The second kappa shape index (κ2) is 4.58. The molecule has 0 bridgehead atoms. The molecule has 3 heteroatoms. The third-order valence-electron chi connectivity index (χ3n) is 2.87. The number of anilines is 2. The van der Waals surface area contributed by atoms with Crippen molar-refractivity contribution in [2.75, 3.05) is 23.7 Å². The monoisotopic (exact) mass is 236 g/mol. The lowest BCUT2D eigenvalue weighted by atomic mass is 10.1. The van der Waals surface area contributed by atoms with Gasteiger partial charge in [-0.1, -0.05) is 13.8 Å². The summed E-state index contributed by atoms with van der Waals surface area (Å²) >= 11 is 2.08. The van der Waals surface area contributed by atoms with Crippen molar-refractivity contribution in [2.24, 2.45) is 0 Å². The lowest BCUT2D eigenvalue weighted by Gasteiger charge is -2.36. The molecule has 2 N–H and O–H groups in total. The third kappa shape index (κ3) is 2.64. The van der Waals surface area contributed by atoms with Gasteiger partial charge in [-0.05, 0) is 30.7 Å². The van der Waals surface area contributed by atoms with Crippen molar-refractivity contribution in [3.63, 3.8) is 0 Å². The van der Waals surface area contributed by atoms with Crippen molar-refractivity contribution in [3.05, 3.63) is 23.8 Å². The molecule has 2 atom stereocenters. The highest BCUT2D eigenvalue weighted by molar-refractivity contribution is 8.00. The first-order chi connectivity index (χ1) is 7.54. The van der Waals surface area contributed by atoms with Gasteiger partial charge >= 0.3 is 0 Å². The molecule has 2 unspecified atom stereocenters. The highest BCUT2D eigenvalue weighted by atomic mass is 32.2. The molecule has 88 valence electrons. The lowest BCUT2D eigenvalue weighted by Crippen LogP contribution is -2.40. The summed E-state index contributed by atoms with van der Waals surface area (Å²) in [6, 6.07) is 6.34. The molecule has 1 heterocycles. The maximum atomic E-state index is 5.90. The van der Waals surface area contributed by atoms with Crippen LogP contribution in [0.3, 0.4) is 0 Å². The van der Waals surface area contributed by atoms with E-state index in [0.717, 1.165) is 18.8 Å². The van der Waals surface area contributed by atoms with Crippen molar-refractivity contribution in [3.8, 4) is 0 Å². The number of aryl methyl sites for hydroxylation is 1. The zero-order valence-corrected chi connectivity index (χ0v) is 11.1. The molecule has 0 radical (unpaired) electrons. The molecule has 1 fully saturated rings. The fourth-order valence-corrected chi connectivity index (χ4v) is 3.69. The number of rotatable bonds is 1. The van der Waals surface area contributed by atoms with Crippen LogP contribution in [0.25, 0.3) is 0 Å². The van der Waals surface area contributed by atoms with E-state index in [1.807, 2.05) is 6.07 Å². The predicted molar refractivity (Wildman–Crippen MR) is 74.3 cm³/mol. The summed E-state index contributed by atoms with van der Waals surface area (Å²) in [7, 11) is 0. The van der Waals surface area contributed by atoms with Gasteiger partial charge in [-0.25, -0.2) is 0 Å². The zero-order valence-electron chi connectivity index (χ0n) is 10.2. The summed E-state index contributed by atoms with van der Waals surface area (Å²) in [5.74, 6) is 0. The fraction of sp³-hybridized carbons (Fsp3) is 0.538. The van der Waals surface area contributed by atoms with Crippen molar-refractivity contribution in [1.82, 2.24) is 0 Å². The van der Waals surface area contributed by atoms with Crippen LogP contribution >= 0.6 is 11.8 Å². The molecule has 1 aliphatic heterocycles. The number of nitrogens with zero attached hydrogens (tertiary/aromatic N) is 1. The topological polar surface area (TPSA) is 29.3 Å². The molecular weight excluding hydrogens is 216 g/mol. The molecule has 1 aromatic carbocycles. The van der Waals surface area contributed by atoms with Crippen LogP contribution < -0.4 is 10.6 Å². The van der Waals surface area contributed by atoms with Crippen LogP contribution in [0.4, 0.5) is 11.4 Å². The van der Waals surface area contributed by atoms with Crippen LogP contribution in [0.5, 0.6) is 0 Å². The summed E-state index contributed by atoms with van der Waals surface area (Å²) in [5.41, 5.74) is 9.29. The van der Waals surface area contributed by atoms with Crippen LogP contribution in [0.1, 0.15) is 19.4 Å². The molecule has 1 aromatic rings. The van der Waals surface area contributed by atoms with Gasteiger partial charge in [-0.3, -0.25) is 0 Å². The summed E-state index contributed by atoms with van der Waals surface area (Å²) in [4.78, 5) is 2.45. The Kier molecular flexibility index (Phi) is 3.33. The van der Waals surface area contributed by atoms with Crippen molar-refractivity contribution >= 4 is 23.1 Å². The van der Waals surface area contributed by atoms with E-state index in [-0.39, 0.29) is 0 Å². The largest absolute Gasteiger partial charge is 0.399 e. The standard InChI is InChI=1S/C13H20N2S/c1-9-4-12(14)6-13(5-9)15-7-10(2)16-11(3)8-15/h4-6,10-11H,7-8,14H2,1-3H3. The van der Waals surface area contributed by atoms with E-state index >= 15 is 0 Å². The minimum atomic E-state index is 0.700. The fourth-order valence-electron chi connectivity index (χ4n) is 2.36. The Balaban J connectivity index is 2.22. The van der Waals surface area contributed by atoms with Crippen LogP contribution in [-0.2, 0) is 0 Å². The van der Waals surface area contributed by atoms with Crippen LogP contribution in [0.2, 0.25) is 0 Å². The van der Waals surface area contributed by atoms with E-state index in [0.29, 0.717) is 10.5 Å². The molecule has 0 aromatic heterocycles. The molecular formula is C13H20N2S. The average molecular weight is 236 g/mol. The van der Waals surface area contributed by atoms with Crippen LogP contribution in [0.15, 0.2) is 18.2 Å². The molecule has 0 amide bonds. The maximum absolute atomic E-state index is 5.90. The van der Waals surface area contributed by atoms with Gasteiger partial charge in [0.2, 0.25) is 0 Å². The van der Waals surface area contributed by atoms with E-state index in [9.17, 15) is 0 Å². The SMILES string of the molecule is Cc1cc(N)cc(N2CC(C)SC(C)C2)c1. The second-order valence-corrected chi connectivity index (χ2v) is 6.65. The van der Waals surface area contributed by atoms with Gasteiger partial charge in [0.05, 0.1) is 0 Å². The van der Waals surface area contributed by atoms with E-state index in [4.69, 9.17) is 5.73 Å². The Hall–Kier alpha value is -0.830. The normalized spacial score (nSPS) is 25.8. The lowest BCUT2D eigenvalue weighted by molar-refractivity contribution is 0.728. The predicted octanol–water partition coefficient (Wildman–Crippen LogP) is 2.91. The van der Waals surface area contributed by atoms with Gasteiger partial charge < -0.3 is 10.6 Å². The van der Waals surface area contributed by atoms with Gasteiger partial charge in [0.25, 0.3) is 0 Å². The van der Waals surface area contributed by atoms with E-state index in [1.54, 1.807) is 0 Å². The summed E-state index contributed by atoms with van der Waals surface area (Å²) in [6.45, 7) is 8.94. The number of benzene rings is 1. The highest BCUT2D eigenvalue weighted by Gasteiger charge is 2.22. The minimum absolute atomic E-state index is 0.700. The molecule has 2 nitrogen and oxygen atoms in total. The van der Waals surface area contributed by atoms with Gasteiger partial charge in [-0.15, -0.1) is 0 Å². The Morgan fingerprint density at radius 3 is 2.38 bits per heavy atom. The smallest absolute Gasteiger partial charge is 0.0390 e. The number of hydrogen-bond donors (Lipinski definition) is 1. The number of nitrogens with two attached hydrogens (primary N) is 1. The molecule has 2 rings (SSSR count). The van der Waals surface area contributed by atoms with Gasteiger partial charge in [0.15, 0.2) is 0 Å². The third-order valence-corrected chi connectivity index (χ3v) is 4.10. The summed E-state index contributed by atoms with van der Waals surface area (Å²) in [6.07, 6.45) is 0. The Labute approximate surface area is 102 Å². The van der Waals surface area contributed by atoms with Crippen LogP contribution in [-0.4, -0.2) is 23.6 Å².